The van der Waals surface area contributed by atoms with Crippen molar-refractivity contribution in [2.75, 3.05) is 12.4 Å². The molecule has 0 spiro atoms. The van der Waals surface area contributed by atoms with E-state index in [0.29, 0.717) is 24.2 Å². The number of rotatable bonds is 6. The Bertz CT molecular complexity index is 710. The van der Waals surface area contributed by atoms with Crippen LogP contribution in [0.25, 0.3) is 0 Å². The number of nitrogens with zero attached hydrogens (tertiary/aromatic N) is 2. The Morgan fingerprint density at radius 1 is 1.12 bits per heavy atom. The molecule has 3 rings (SSSR count). The third-order valence-corrected chi connectivity index (χ3v) is 4.69. The van der Waals surface area contributed by atoms with Crippen LogP contribution in [0.1, 0.15) is 54.6 Å². The van der Waals surface area contributed by atoms with Crippen molar-refractivity contribution in [1.29, 1.82) is 0 Å². The van der Waals surface area contributed by atoms with Gasteiger partial charge < -0.3 is 15.4 Å². The lowest BCUT2D eigenvalue weighted by Crippen LogP contribution is -2.25. The molecule has 1 amide bonds. The first-order valence-electron chi connectivity index (χ1n) is 9.25. The van der Waals surface area contributed by atoms with E-state index in [2.05, 4.69) is 20.6 Å². The zero-order valence-electron chi connectivity index (χ0n) is 15.2. The third-order valence-electron chi connectivity index (χ3n) is 4.69. The monoisotopic (exact) mass is 354 g/mol. The van der Waals surface area contributed by atoms with Gasteiger partial charge in [0.1, 0.15) is 11.4 Å². The second-order valence-corrected chi connectivity index (χ2v) is 6.63. The average molecular weight is 354 g/mol. The van der Waals surface area contributed by atoms with Gasteiger partial charge in [-0.25, -0.2) is 9.97 Å². The van der Waals surface area contributed by atoms with Crippen LogP contribution in [0.15, 0.2) is 36.5 Å². The minimum absolute atomic E-state index is 0.202. The zero-order chi connectivity index (χ0) is 18.2. The van der Waals surface area contributed by atoms with Gasteiger partial charge in [0.25, 0.3) is 5.91 Å². The number of methoxy groups -OCH3 is 1. The lowest BCUT2D eigenvalue weighted by molar-refractivity contribution is 0.0946. The van der Waals surface area contributed by atoms with Gasteiger partial charge in [0.2, 0.25) is 5.95 Å². The summed E-state index contributed by atoms with van der Waals surface area (Å²) in [5.74, 6) is 1.13. The van der Waals surface area contributed by atoms with Crippen LogP contribution in [-0.4, -0.2) is 29.0 Å². The number of anilines is 1. The van der Waals surface area contributed by atoms with E-state index in [0.717, 1.165) is 24.2 Å². The molecule has 6 nitrogen and oxygen atoms in total. The summed E-state index contributed by atoms with van der Waals surface area (Å²) in [6.45, 7) is 0.443. The van der Waals surface area contributed by atoms with E-state index in [1.807, 2.05) is 24.3 Å². The minimum atomic E-state index is -0.202. The molecule has 0 saturated heterocycles. The molecule has 1 aromatic heterocycles. The third kappa shape index (κ3) is 5.18. The fraction of sp³-hybridized carbons (Fsp3) is 0.450. The number of hydrogen-bond acceptors (Lipinski definition) is 5. The molecule has 1 heterocycles. The molecule has 1 aliphatic carbocycles. The molecule has 0 bridgehead atoms. The maximum Gasteiger partial charge on any atom is 0.270 e. The largest absolute Gasteiger partial charge is 0.497 e. The topological polar surface area (TPSA) is 76.1 Å². The van der Waals surface area contributed by atoms with Crippen molar-refractivity contribution in [3.8, 4) is 5.75 Å². The maximum atomic E-state index is 12.4. The van der Waals surface area contributed by atoms with Crippen LogP contribution in [0.3, 0.4) is 0 Å². The molecule has 26 heavy (non-hydrogen) atoms. The number of hydrogen-bond donors (Lipinski definition) is 2. The Morgan fingerprint density at radius 3 is 2.54 bits per heavy atom. The Hall–Kier alpha value is -2.63. The summed E-state index contributed by atoms with van der Waals surface area (Å²) in [6, 6.07) is 9.65. The maximum absolute atomic E-state index is 12.4. The van der Waals surface area contributed by atoms with Gasteiger partial charge in [-0.05, 0) is 36.6 Å². The van der Waals surface area contributed by atoms with Crippen molar-refractivity contribution in [1.82, 2.24) is 15.3 Å². The lowest BCUT2D eigenvalue weighted by Gasteiger charge is -2.16. The number of benzene rings is 1. The van der Waals surface area contributed by atoms with Gasteiger partial charge in [-0.3, -0.25) is 4.79 Å². The first kappa shape index (κ1) is 18.2. The van der Waals surface area contributed by atoms with Crippen molar-refractivity contribution in [3.05, 3.63) is 47.8 Å². The molecule has 2 aromatic rings. The van der Waals surface area contributed by atoms with E-state index in [9.17, 15) is 4.79 Å². The van der Waals surface area contributed by atoms with E-state index in [1.165, 1.54) is 25.7 Å². The number of carbonyl (C=O) groups excluding carboxylic acids is 1. The summed E-state index contributed by atoms with van der Waals surface area (Å²) in [6.07, 6.45) is 8.97. The fourth-order valence-electron chi connectivity index (χ4n) is 3.18. The van der Waals surface area contributed by atoms with Crippen LogP contribution >= 0.6 is 0 Å². The van der Waals surface area contributed by atoms with Crippen LogP contribution in [0, 0.1) is 0 Å². The van der Waals surface area contributed by atoms with E-state index in [4.69, 9.17) is 4.74 Å². The van der Waals surface area contributed by atoms with Crippen molar-refractivity contribution in [2.45, 2.75) is 51.1 Å². The summed E-state index contributed by atoms with van der Waals surface area (Å²) in [5, 5.41) is 6.28. The fourth-order valence-corrected chi connectivity index (χ4v) is 3.18. The SMILES string of the molecule is COc1ccc(CNC(=O)c2ccnc(NC3CCCCCC3)n2)cc1. The highest BCUT2D eigenvalue weighted by atomic mass is 16.5. The van der Waals surface area contributed by atoms with Crippen molar-refractivity contribution >= 4 is 11.9 Å². The molecular formula is C20H26N4O2. The molecular weight excluding hydrogens is 328 g/mol. The predicted molar refractivity (Wildman–Crippen MR) is 101 cm³/mol. The van der Waals surface area contributed by atoms with Crippen molar-refractivity contribution < 1.29 is 9.53 Å². The second-order valence-electron chi connectivity index (χ2n) is 6.63. The van der Waals surface area contributed by atoms with Gasteiger partial charge in [-0.15, -0.1) is 0 Å². The predicted octanol–water partition coefficient (Wildman–Crippen LogP) is 3.55. The molecule has 1 aromatic carbocycles. The lowest BCUT2D eigenvalue weighted by atomic mass is 10.1. The van der Waals surface area contributed by atoms with E-state index in [-0.39, 0.29) is 5.91 Å². The molecule has 138 valence electrons. The molecule has 1 saturated carbocycles. The van der Waals surface area contributed by atoms with Gasteiger partial charge >= 0.3 is 0 Å². The molecule has 0 unspecified atom stereocenters. The Balaban J connectivity index is 1.56. The van der Waals surface area contributed by atoms with Gasteiger partial charge in [0, 0.05) is 18.8 Å². The molecule has 0 radical (unpaired) electrons. The summed E-state index contributed by atoms with van der Waals surface area (Å²) >= 11 is 0. The molecule has 1 aliphatic rings. The quantitative estimate of drug-likeness (QED) is 0.776. The molecule has 0 aliphatic heterocycles. The first-order chi connectivity index (χ1) is 12.7. The Morgan fingerprint density at radius 2 is 1.85 bits per heavy atom. The van der Waals surface area contributed by atoms with Gasteiger partial charge in [-0.1, -0.05) is 37.8 Å². The Kier molecular flexibility index (Phi) is 6.41. The van der Waals surface area contributed by atoms with E-state index in [1.54, 1.807) is 19.4 Å². The summed E-state index contributed by atoms with van der Waals surface area (Å²) in [5.41, 5.74) is 1.38. The van der Waals surface area contributed by atoms with Crippen molar-refractivity contribution in [2.24, 2.45) is 0 Å². The number of nitrogens with one attached hydrogen (secondary N) is 2. The molecule has 2 N–H and O–H groups in total. The normalized spacial score (nSPS) is 15.1. The highest BCUT2D eigenvalue weighted by Gasteiger charge is 2.14. The number of ether oxygens (including phenoxy) is 1. The van der Waals surface area contributed by atoms with Gasteiger partial charge in [0.15, 0.2) is 0 Å². The Labute approximate surface area is 154 Å². The number of carbonyl (C=O) groups is 1. The average Bonchev–Trinajstić information content (AvgIpc) is 2.95. The van der Waals surface area contributed by atoms with Crippen LogP contribution in [0.5, 0.6) is 5.75 Å². The van der Waals surface area contributed by atoms with Crippen molar-refractivity contribution in [3.63, 3.8) is 0 Å². The smallest absolute Gasteiger partial charge is 0.270 e. The summed E-state index contributed by atoms with van der Waals surface area (Å²) in [7, 11) is 1.63. The summed E-state index contributed by atoms with van der Waals surface area (Å²) in [4.78, 5) is 21.0. The second kappa shape index (κ2) is 9.17. The first-order valence-corrected chi connectivity index (χ1v) is 9.25. The van der Waals surface area contributed by atoms with Crippen LogP contribution < -0.4 is 15.4 Å². The van der Waals surface area contributed by atoms with Gasteiger partial charge in [-0.2, -0.15) is 0 Å². The molecule has 0 atom stereocenters. The number of amides is 1. The van der Waals surface area contributed by atoms with Crippen LogP contribution in [0.4, 0.5) is 5.95 Å². The molecule has 6 heteroatoms. The van der Waals surface area contributed by atoms with E-state index < -0.39 is 0 Å². The number of aromatic nitrogens is 2. The standard InChI is InChI=1S/C20H26N4O2/c1-26-17-10-8-15(9-11-17)14-22-19(25)18-12-13-21-20(24-18)23-16-6-4-2-3-5-7-16/h8-13,16H,2-7,14H2,1H3,(H,22,25)(H,21,23,24). The van der Waals surface area contributed by atoms with Crippen LogP contribution in [-0.2, 0) is 6.54 Å². The summed E-state index contributed by atoms with van der Waals surface area (Å²) < 4.78 is 5.14. The van der Waals surface area contributed by atoms with Crippen LogP contribution in [0.2, 0.25) is 0 Å². The van der Waals surface area contributed by atoms with E-state index >= 15 is 0 Å². The minimum Gasteiger partial charge on any atom is -0.497 e. The molecule has 1 fully saturated rings. The zero-order valence-corrected chi connectivity index (χ0v) is 15.2. The highest BCUT2D eigenvalue weighted by Crippen LogP contribution is 2.19. The highest BCUT2D eigenvalue weighted by molar-refractivity contribution is 5.92. The van der Waals surface area contributed by atoms with Gasteiger partial charge in [0.05, 0.1) is 7.11 Å².